The first kappa shape index (κ1) is 15.8. The summed E-state index contributed by atoms with van der Waals surface area (Å²) in [5.74, 6) is 1.05. The first-order chi connectivity index (χ1) is 9.45. The second kappa shape index (κ2) is 6.47. The van der Waals surface area contributed by atoms with Crippen molar-refractivity contribution in [3.63, 3.8) is 0 Å². The van der Waals surface area contributed by atoms with Gasteiger partial charge in [-0.1, -0.05) is 0 Å². The molecule has 0 radical (unpaired) electrons. The minimum Gasteiger partial charge on any atom is -0.464 e. The molecule has 1 aromatic rings. The zero-order valence-corrected chi connectivity index (χ0v) is 13.5. The van der Waals surface area contributed by atoms with Gasteiger partial charge < -0.3 is 9.32 Å². The van der Waals surface area contributed by atoms with E-state index in [2.05, 4.69) is 4.90 Å². The standard InChI is InChI=1S/C13H21ClN2O3S/c1-11-13(9-12(10-14)19-11)20(17,18)15(2)7-8-16-5-3-4-6-16/h9H,3-8,10H2,1-2H3. The molecule has 0 aliphatic carbocycles. The number of halogens is 1. The number of aryl methyl sites for hydroxylation is 1. The molecule has 5 nitrogen and oxygen atoms in total. The van der Waals surface area contributed by atoms with Crippen LogP contribution in [0.4, 0.5) is 0 Å². The second-order valence-electron chi connectivity index (χ2n) is 5.14. The lowest BCUT2D eigenvalue weighted by Gasteiger charge is -2.20. The van der Waals surface area contributed by atoms with E-state index in [1.165, 1.54) is 23.2 Å². The molecule has 0 saturated carbocycles. The highest BCUT2D eigenvalue weighted by atomic mass is 35.5. The molecule has 0 N–H and O–H groups in total. The Labute approximate surface area is 125 Å². The molecule has 2 rings (SSSR count). The predicted molar refractivity (Wildman–Crippen MR) is 78.5 cm³/mol. The third-order valence-corrected chi connectivity index (χ3v) is 5.90. The smallest absolute Gasteiger partial charge is 0.246 e. The molecule has 2 heterocycles. The van der Waals surface area contributed by atoms with Crippen LogP contribution in [-0.2, 0) is 15.9 Å². The lowest BCUT2D eigenvalue weighted by atomic mass is 10.4. The number of rotatable bonds is 6. The number of furan rings is 1. The molecule has 1 aliphatic heterocycles. The topological polar surface area (TPSA) is 53.8 Å². The van der Waals surface area contributed by atoms with Crippen molar-refractivity contribution >= 4 is 21.6 Å². The molecule has 1 saturated heterocycles. The Morgan fingerprint density at radius 3 is 2.60 bits per heavy atom. The van der Waals surface area contributed by atoms with Crippen molar-refractivity contribution in [2.45, 2.75) is 30.5 Å². The van der Waals surface area contributed by atoms with Gasteiger partial charge in [0.1, 0.15) is 16.4 Å². The Kier molecular flexibility index (Phi) is 5.12. The van der Waals surface area contributed by atoms with Crippen molar-refractivity contribution < 1.29 is 12.8 Å². The lowest BCUT2D eigenvalue weighted by Crippen LogP contribution is -2.35. The van der Waals surface area contributed by atoms with Gasteiger partial charge in [0.15, 0.2) is 0 Å². The molecule has 0 unspecified atom stereocenters. The van der Waals surface area contributed by atoms with Crippen LogP contribution in [0.2, 0.25) is 0 Å². The van der Waals surface area contributed by atoms with Crippen LogP contribution < -0.4 is 0 Å². The molecule has 1 aromatic heterocycles. The lowest BCUT2D eigenvalue weighted by molar-refractivity contribution is 0.310. The van der Waals surface area contributed by atoms with E-state index in [0.29, 0.717) is 18.1 Å². The van der Waals surface area contributed by atoms with E-state index >= 15 is 0 Å². The molecule has 0 atom stereocenters. The molecular formula is C13H21ClN2O3S. The van der Waals surface area contributed by atoms with Gasteiger partial charge in [0.05, 0.1) is 5.88 Å². The van der Waals surface area contributed by atoms with E-state index in [4.69, 9.17) is 16.0 Å². The third-order valence-electron chi connectivity index (χ3n) is 3.67. The molecule has 7 heteroatoms. The van der Waals surface area contributed by atoms with E-state index < -0.39 is 10.0 Å². The maximum Gasteiger partial charge on any atom is 0.246 e. The third kappa shape index (κ3) is 3.36. The highest BCUT2D eigenvalue weighted by molar-refractivity contribution is 7.89. The van der Waals surface area contributed by atoms with E-state index in [-0.39, 0.29) is 10.8 Å². The van der Waals surface area contributed by atoms with E-state index in [1.807, 2.05) is 0 Å². The summed E-state index contributed by atoms with van der Waals surface area (Å²) >= 11 is 5.68. The van der Waals surface area contributed by atoms with E-state index in [9.17, 15) is 8.42 Å². The van der Waals surface area contributed by atoms with Crippen molar-refractivity contribution in [2.24, 2.45) is 0 Å². The van der Waals surface area contributed by atoms with Gasteiger partial charge in [-0.15, -0.1) is 11.6 Å². The summed E-state index contributed by atoms with van der Waals surface area (Å²) in [6.45, 7) is 5.04. The molecule has 0 amide bonds. The summed E-state index contributed by atoms with van der Waals surface area (Å²) in [5.41, 5.74) is 0. The summed E-state index contributed by atoms with van der Waals surface area (Å²) < 4.78 is 31.7. The maximum atomic E-state index is 12.5. The first-order valence-corrected chi connectivity index (χ1v) is 8.76. The van der Waals surface area contributed by atoms with Crippen LogP contribution >= 0.6 is 11.6 Å². The molecule has 1 fully saturated rings. The van der Waals surface area contributed by atoms with Gasteiger partial charge >= 0.3 is 0 Å². The fourth-order valence-corrected chi connectivity index (χ4v) is 3.90. The van der Waals surface area contributed by atoms with Gasteiger partial charge in [-0.2, -0.15) is 4.31 Å². The molecule has 20 heavy (non-hydrogen) atoms. The van der Waals surface area contributed by atoms with Crippen molar-refractivity contribution in [3.05, 3.63) is 17.6 Å². The zero-order chi connectivity index (χ0) is 14.8. The monoisotopic (exact) mass is 320 g/mol. The molecule has 1 aliphatic rings. The van der Waals surface area contributed by atoms with Crippen molar-refractivity contribution in [3.8, 4) is 0 Å². The summed E-state index contributed by atoms with van der Waals surface area (Å²) in [7, 11) is -1.89. The molecular weight excluding hydrogens is 300 g/mol. The summed E-state index contributed by atoms with van der Waals surface area (Å²) in [6, 6.07) is 1.52. The fraction of sp³-hybridized carbons (Fsp3) is 0.692. The minimum absolute atomic E-state index is 0.174. The Balaban J connectivity index is 2.05. The highest BCUT2D eigenvalue weighted by Gasteiger charge is 2.26. The van der Waals surface area contributed by atoms with Gasteiger partial charge in [0.2, 0.25) is 10.0 Å². The normalized spacial score (nSPS) is 17.2. The zero-order valence-electron chi connectivity index (χ0n) is 11.9. The van der Waals surface area contributed by atoms with Gasteiger partial charge in [0, 0.05) is 26.2 Å². The largest absolute Gasteiger partial charge is 0.464 e. The summed E-state index contributed by atoms with van der Waals surface area (Å²) in [4.78, 5) is 2.51. The number of sulfonamides is 1. The van der Waals surface area contributed by atoms with Crippen LogP contribution in [0.3, 0.4) is 0 Å². The number of alkyl halides is 1. The van der Waals surface area contributed by atoms with E-state index in [0.717, 1.165) is 19.6 Å². The number of hydrogen-bond donors (Lipinski definition) is 0. The Morgan fingerprint density at radius 2 is 2.05 bits per heavy atom. The van der Waals surface area contributed by atoms with Gasteiger partial charge in [-0.05, 0) is 32.9 Å². The van der Waals surface area contributed by atoms with E-state index in [1.54, 1.807) is 14.0 Å². The van der Waals surface area contributed by atoms with Crippen LogP contribution in [0.1, 0.15) is 24.4 Å². The van der Waals surface area contributed by atoms with Crippen molar-refractivity contribution in [1.29, 1.82) is 0 Å². The van der Waals surface area contributed by atoms with Crippen LogP contribution in [0, 0.1) is 6.92 Å². The molecule has 0 bridgehead atoms. The number of nitrogens with zero attached hydrogens (tertiary/aromatic N) is 2. The SMILES string of the molecule is Cc1oc(CCl)cc1S(=O)(=O)N(C)CCN1CCCC1. The second-order valence-corrected chi connectivity index (χ2v) is 7.42. The van der Waals surface area contributed by atoms with Crippen molar-refractivity contribution in [1.82, 2.24) is 9.21 Å². The van der Waals surface area contributed by atoms with Gasteiger partial charge in [0.25, 0.3) is 0 Å². The molecule has 0 aromatic carbocycles. The summed E-state index contributed by atoms with van der Waals surface area (Å²) in [6.07, 6.45) is 2.41. The van der Waals surface area contributed by atoms with Crippen molar-refractivity contribution in [2.75, 3.05) is 33.2 Å². The van der Waals surface area contributed by atoms with Crippen LogP contribution in [0.15, 0.2) is 15.4 Å². The van der Waals surface area contributed by atoms with Crippen LogP contribution in [-0.4, -0.2) is 50.8 Å². The Morgan fingerprint density at radius 1 is 1.40 bits per heavy atom. The number of likely N-dealkylation sites (tertiary alicyclic amines) is 1. The first-order valence-electron chi connectivity index (χ1n) is 6.79. The predicted octanol–water partition coefficient (Wildman–Crippen LogP) is 2.04. The fourth-order valence-electron chi connectivity index (χ4n) is 2.42. The number of likely N-dealkylation sites (N-methyl/N-ethyl adjacent to an activating group) is 1. The quantitative estimate of drug-likeness (QED) is 0.753. The van der Waals surface area contributed by atoms with Crippen LogP contribution in [0.5, 0.6) is 0 Å². The molecule has 114 valence electrons. The van der Waals surface area contributed by atoms with Gasteiger partial charge in [-0.3, -0.25) is 0 Å². The van der Waals surface area contributed by atoms with Gasteiger partial charge in [-0.25, -0.2) is 8.42 Å². The average Bonchev–Trinajstić information content (AvgIpc) is 3.04. The minimum atomic E-state index is -3.50. The Bertz CT molecular complexity index is 550. The van der Waals surface area contributed by atoms with Crippen LogP contribution in [0.25, 0.3) is 0 Å². The average molecular weight is 321 g/mol. The summed E-state index contributed by atoms with van der Waals surface area (Å²) in [5, 5.41) is 0. The number of hydrogen-bond acceptors (Lipinski definition) is 4. The highest BCUT2D eigenvalue weighted by Crippen LogP contribution is 2.24. The Hall–Kier alpha value is -0.560. The molecule has 0 spiro atoms. The maximum absolute atomic E-state index is 12.5.